The molecule has 5 heteroatoms. The molecule has 2 atom stereocenters. The van der Waals surface area contributed by atoms with E-state index in [4.69, 9.17) is 4.74 Å². The van der Waals surface area contributed by atoms with Gasteiger partial charge in [0.15, 0.2) is 0 Å². The van der Waals surface area contributed by atoms with Crippen LogP contribution in [0.15, 0.2) is 5.38 Å². The second-order valence-corrected chi connectivity index (χ2v) is 5.84. The van der Waals surface area contributed by atoms with Gasteiger partial charge in [0.2, 0.25) is 0 Å². The molecule has 2 aliphatic rings. The maximum atomic E-state index is 5.98. The predicted octanol–water partition coefficient (Wildman–Crippen LogP) is 2.15. The van der Waals surface area contributed by atoms with Gasteiger partial charge < -0.3 is 10.1 Å². The number of hydrogen-bond donors (Lipinski definition) is 1. The Morgan fingerprint density at radius 1 is 1.59 bits per heavy atom. The van der Waals surface area contributed by atoms with Crippen molar-refractivity contribution in [3.05, 3.63) is 11.1 Å². The van der Waals surface area contributed by atoms with Crippen molar-refractivity contribution in [2.75, 3.05) is 13.7 Å². The topological polar surface area (TPSA) is 47.0 Å². The van der Waals surface area contributed by atoms with E-state index in [2.05, 4.69) is 20.3 Å². The summed E-state index contributed by atoms with van der Waals surface area (Å²) in [5.41, 5.74) is 1.31. The first-order chi connectivity index (χ1) is 8.33. The molecular weight excluding hydrogens is 234 g/mol. The van der Waals surface area contributed by atoms with Crippen LogP contribution in [0.1, 0.15) is 43.8 Å². The van der Waals surface area contributed by atoms with Crippen molar-refractivity contribution >= 4 is 11.5 Å². The molecular formula is C12H19N3OS. The van der Waals surface area contributed by atoms with Gasteiger partial charge in [-0.1, -0.05) is 4.49 Å². The Kier molecular flexibility index (Phi) is 3.15. The minimum atomic E-state index is 0.210. The van der Waals surface area contributed by atoms with E-state index in [1.165, 1.54) is 37.2 Å². The summed E-state index contributed by atoms with van der Waals surface area (Å²) in [4.78, 5) is 0. The minimum absolute atomic E-state index is 0.210. The molecule has 1 aromatic heterocycles. The maximum Gasteiger partial charge on any atom is 0.0927 e. The standard InChI is InChI=1S/C12H19N3OS/c1-13-11(10-8-17-15-14-10)9-3-6-16-12(7-9)4-2-5-12/h8-9,11,13H,2-7H2,1H3. The zero-order valence-corrected chi connectivity index (χ0v) is 11.0. The van der Waals surface area contributed by atoms with Gasteiger partial charge in [0.1, 0.15) is 0 Å². The summed E-state index contributed by atoms with van der Waals surface area (Å²) in [6, 6.07) is 0.343. The second-order valence-electron chi connectivity index (χ2n) is 5.23. The van der Waals surface area contributed by atoms with Gasteiger partial charge in [-0.2, -0.15) is 0 Å². The van der Waals surface area contributed by atoms with Gasteiger partial charge in [-0.05, 0) is 56.6 Å². The van der Waals surface area contributed by atoms with E-state index in [0.29, 0.717) is 12.0 Å². The molecule has 2 unspecified atom stereocenters. The summed E-state index contributed by atoms with van der Waals surface area (Å²) >= 11 is 1.43. The van der Waals surface area contributed by atoms with E-state index in [9.17, 15) is 0 Å². The first kappa shape index (κ1) is 11.6. The zero-order chi connectivity index (χ0) is 11.7. The average molecular weight is 253 g/mol. The van der Waals surface area contributed by atoms with Crippen LogP contribution in [-0.2, 0) is 4.74 Å². The smallest absolute Gasteiger partial charge is 0.0927 e. The highest BCUT2D eigenvalue weighted by atomic mass is 32.1. The van der Waals surface area contributed by atoms with Crippen LogP contribution in [0.5, 0.6) is 0 Å². The first-order valence-corrected chi connectivity index (χ1v) is 7.25. The van der Waals surface area contributed by atoms with E-state index in [1.807, 2.05) is 7.05 Å². The van der Waals surface area contributed by atoms with Crippen molar-refractivity contribution in [1.29, 1.82) is 0 Å². The lowest BCUT2D eigenvalue weighted by molar-refractivity contribution is -0.147. The number of aromatic nitrogens is 2. The summed E-state index contributed by atoms with van der Waals surface area (Å²) in [6.07, 6.45) is 6.13. The highest BCUT2D eigenvalue weighted by Crippen LogP contribution is 2.46. The van der Waals surface area contributed by atoms with Gasteiger partial charge in [-0.25, -0.2) is 0 Å². The normalized spacial score (nSPS) is 28.9. The lowest BCUT2D eigenvalue weighted by atomic mass is 9.70. The van der Waals surface area contributed by atoms with Crippen LogP contribution in [0.3, 0.4) is 0 Å². The molecule has 1 saturated carbocycles. The van der Waals surface area contributed by atoms with Crippen molar-refractivity contribution in [1.82, 2.24) is 14.9 Å². The quantitative estimate of drug-likeness (QED) is 0.896. The van der Waals surface area contributed by atoms with Gasteiger partial charge in [0.05, 0.1) is 17.3 Å². The number of ether oxygens (including phenoxy) is 1. The summed E-state index contributed by atoms with van der Waals surface area (Å²) in [5.74, 6) is 0.637. The van der Waals surface area contributed by atoms with Gasteiger partial charge >= 0.3 is 0 Å². The summed E-state index contributed by atoms with van der Waals surface area (Å²) in [6.45, 7) is 0.903. The number of hydrogen-bond acceptors (Lipinski definition) is 5. The summed E-state index contributed by atoms with van der Waals surface area (Å²) < 4.78 is 9.96. The van der Waals surface area contributed by atoms with E-state index < -0.39 is 0 Å². The molecule has 0 aromatic carbocycles. The van der Waals surface area contributed by atoms with Gasteiger partial charge in [0.25, 0.3) is 0 Å². The van der Waals surface area contributed by atoms with Crippen LogP contribution in [0.2, 0.25) is 0 Å². The molecule has 1 aliphatic heterocycles. The molecule has 0 amide bonds. The largest absolute Gasteiger partial charge is 0.375 e. The molecule has 1 aliphatic carbocycles. The lowest BCUT2D eigenvalue weighted by Gasteiger charge is -2.48. The summed E-state index contributed by atoms with van der Waals surface area (Å²) in [5, 5.41) is 9.69. The van der Waals surface area contributed by atoms with E-state index >= 15 is 0 Å². The Morgan fingerprint density at radius 3 is 3.06 bits per heavy atom. The van der Waals surface area contributed by atoms with Crippen molar-refractivity contribution in [2.24, 2.45) is 5.92 Å². The minimum Gasteiger partial charge on any atom is -0.375 e. The second kappa shape index (κ2) is 4.63. The number of nitrogens with zero attached hydrogens (tertiary/aromatic N) is 2. The van der Waals surface area contributed by atoms with Crippen molar-refractivity contribution < 1.29 is 4.74 Å². The van der Waals surface area contributed by atoms with Crippen LogP contribution in [-0.4, -0.2) is 28.8 Å². The van der Waals surface area contributed by atoms with Crippen LogP contribution in [0.4, 0.5) is 0 Å². The zero-order valence-electron chi connectivity index (χ0n) is 10.2. The van der Waals surface area contributed by atoms with Gasteiger partial charge in [-0.3, -0.25) is 0 Å². The van der Waals surface area contributed by atoms with Crippen molar-refractivity contribution in [3.8, 4) is 0 Å². The molecule has 3 rings (SSSR count). The Hall–Kier alpha value is -0.520. The van der Waals surface area contributed by atoms with Crippen LogP contribution < -0.4 is 5.32 Å². The van der Waals surface area contributed by atoms with Crippen LogP contribution in [0.25, 0.3) is 0 Å². The molecule has 0 radical (unpaired) electrons. The lowest BCUT2D eigenvalue weighted by Crippen LogP contribution is -2.47. The van der Waals surface area contributed by atoms with Gasteiger partial charge in [-0.15, -0.1) is 5.10 Å². The molecule has 1 N–H and O–H groups in total. The first-order valence-electron chi connectivity index (χ1n) is 6.41. The third-order valence-corrected chi connectivity index (χ3v) is 4.80. The molecule has 1 spiro atoms. The Morgan fingerprint density at radius 2 is 2.47 bits per heavy atom. The molecule has 2 fully saturated rings. The fourth-order valence-corrected chi connectivity index (χ4v) is 3.69. The third-order valence-electron chi connectivity index (χ3n) is 4.27. The maximum absolute atomic E-state index is 5.98. The molecule has 1 aromatic rings. The highest BCUT2D eigenvalue weighted by Gasteiger charge is 2.44. The summed E-state index contributed by atoms with van der Waals surface area (Å²) in [7, 11) is 2.02. The fourth-order valence-electron chi connectivity index (χ4n) is 3.20. The molecule has 94 valence electrons. The van der Waals surface area contributed by atoms with Crippen LogP contribution >= 0.6 is 11.5 Å². The molecule has 1 saturated heterocycles. The van der Waals surface area contributed by atoms with E-state index in [-0.39, 0.29) is 5.60 Å². The Labute approximate surface area is 106 Å². The SMILES string of the molecule is CNC(c1csnn1)C1CCOC2(CCC2)C1. The third kappa shape index (κ3) is 2.11. The molecule has 4 nitrogen and oxygen atoms in total. The average Bonchev–Trinajstić information content (AvgIpc) is 2.82. The fraction of sp³-hybridized carbons (Fsp3) is 0.833. The number of nitrogens with one attached hydrogen (secondary N) is 1. The van der Waals surface area contributed by atoms with E-state index in [1.54, 1.807) is 0 Å². The molecule has 0 bridgehead atoms. The van der Waals surface area contributed by atoms with Crippen molar-refractivity contribution in [2.45, 2.75) is 43.7 Å². The monoisotopic (exact) mass is 253 g/mol. The Bertz CT molecular complexity index is 364. The highest BCUT2D eigenvalue weighted by molar-refractivity contribution is 7.03. The van der Waals surface area contributed by atoms with Gasteiger partial charge in [0, 0.05) is 12.0 Å². The molecule has 2 heterocycles. The predicted molar refractivity (Wildman–Crippen MR) is 67.0 cm³/mol. The Balaban J connectivity index is 1.73. The molecule has 17 heavy (non-hydrogen) atoms. The van der Waals surface area contributed by atoms with E-state index in [0.717, 1.165) is 18.7 Å². The van der Waals surface area contributed by atoms with Crippen LogP contribution in [0, 0.1) is 5.92 Å². The van der Waals surface area contributed by atoms with Crippen molar-refractivity contribution in [3.63, 3.8) is 0 Å². The number of rotatable bonds is 3.